The zero-order valence-electron chi connectivity index (χ0n) is 14.0. The molecule has 0 aliphatic rings. The molecule has 3 N–H and O–H groups in total. The molecule has 132 valence electrons. The van der Waals surface area contributed by atoms with Crippen LogP contribution in [0.1, 0.15) is 24.4 Å². The predicted molar refractivity (Wildman–Crippen MR) is 109 cm³/mol. The Labute approximate surface area is 163 Å². The number of quaternary nitrogens is 1. The molecule has 7 heteroatoms. The van der Waals surface area contributed by atoms with Gasteiger partial charge in [-0.05, 0) is 30.5 Å². The largest absolute Gasteiger partial charge is 0.334 e. The number of hydrogen-bond acceptors (Lipinski definition) is 4. The lowest BCUT2D eigenvalue weighted by Crippen LogP contribution is -2.83. The molecular weight excluding hydrogens is 386 g/mol. The van der Waals surface area contributed by atoms with Gasteiger partial charge in [-0.2, -0.15) is 0 Å². The highest BCUT2D eigenvalue weighted by atomic mass is 35.5. The molecule has 0 saturated carbocycles. The highest BCUT2D eigenvalue weighted by Gasteiger charge is 2.17. The lowest BCUT2D eigenvalue weighted by atomic mass is 10.2. The predicted octanol–water partition coefficient (Wildman–Crippen LogP) is 4.19. The third-order valence-electron chi connectivity index (χ3n) is 4.28. The monoisotopic (exact) mass is 402 g/mol. The van der Waals surface area contributed by atoms with Gasteiger partial charge in [-0.3, -0.25) is 4.79 Å². The highest BCUT2D eigenvalue weighted by Crippen LogP contribution is 2.33. The first-order chi connectivity index (χ1) is 12.6. The van der Waals surface area contributed by atoms with Crippen molar-refractivity contribution in [1.82, 2.24) is 9.97 Å². The molecule has 3 heterocycles. The summed E-state index contributed by atoms with van der Waals surface area (Å²) in [6.07, 6.45) is 0. The summed E-state index contributed by atoms with van der Waals surface area (Å²) >= 11 is 9.19. The molecule has 1 atom stereocenters. The third kappa shape index (κ3) is 3.46. The normalized spacial score (nSPS) is 12.5. The van der Waals surface area contributed by atoms with Crippen molar-refractivity contribution >= 4 is 44.5 Å². The van der Waals surface area contributed by atoms with E-state index in [9.17, 15) is 4.79 Å². The number of thiophene rings is 2. The molecule has 3 aromatic heterocycles. The first kappa shape index (κ1) is 17.4. The van der Waals surface area contributed by atoms with Crippen LogP contribution in [0, 0.1) is 0 Å². The van der Waals surface area contributed by atoms with Gasteiger partial charge in [0.25, 0.3) is 5.56 Å². The van der Waals surface area contributed by atoms with E-state index in [4.69, 9.17) is 16.6 Å². The number of nitrogens with two attached hydrogens (primary N) is 1. The highest BCUT2D eigenvalue weighted by molar-refractivity contribution is 7.18. The Morgan fingerprint density at radius 2 is 2.15 bits per heavy atom. The molecular formula is C19H17ClN3OS2+. The van der Waals surface area contributed by atoms with Crippen LogP contribution < -0.4 is 10.9 Å². The van der Waals surface area contributed by atoms with Gasteiger partial charge in [-0.15, -0.1) is 22.7 Å². The van der Waals surface area contributed by atoms with Crippen molar-refractivity contribution in [2.45, 2.75) is 19.5 Å². The summed E-state index contributed by atoms with van der Waals surface area (Å²) in [5, 5.41) is 7.59. The zero-order chi connectivity index (χ0) is 18.1. The number of rotatable bonds is 5. The van der Waals surface area contributed by atoms with Crippen LogP contribution in [0.25, 0.3) is 20.7 Å². The van der Waals surface area contributed by atoms with Crippen LogP contribution in [0.3, 0.4) is 0 Å². The molecule has 0 aliphatic carbocycles. The Kier molecular flexibility index (Phi) is 4.91. The Morgan fingerprint density at radius 1 is 1.27 bits per heavy atom. The molecule has 0 fully saturated rings. The maximum absolute atomic E-state index is 12.7. The minimum atomic E-state index is -0.0716. The van der Waals surface area contributed by atoms with Gasteiger partial charge >= 0.3 is 0 Å². The van der Waals surface area contributed by atoms with Crippen LogP contribution in [-0.4, -0.2) is 9.97 Å². The first-order valence-corrected chi connectivity index (χ1v) is 10.4. The van der Waals surface area contributed by atoms with E-state index in [1.165, 1.54) is 11.3 Å². The van der Waals surface area contributed by atoms with Gasteiger partial charge in [0.2, 0.25) is 0 Å². The van der Waals surface area contributed by atoms with Crippen LogP contribution in [-0.2, 0) is 6.54 Å². The van der Waals surface area contributed by atoms with Gasteiger partial charge in [0, 0.05) is 26.4 Å². The maximum Gasteiger partial charge on any atom is 0.260 e. The summed E-state index contributed by atoms with van der Waals surface area (Å²) in [6.45, 7) is 2.82. The van der Waals surface area contributed by atoms with E-state index in [-0.39, 0.29) is 11.6 Å². The number of nitrogens with zero attached hydrogens (tertiary/aromatic N) is 1. The lowest BCUT2D eigenvalue weighted by molar-refractivity contribution is -0.709. The van der Waals surface area contributed by atoms with Crippen molar-refractivity contribution < 1.29 is 5.32 Å². The molecule has 0 amide bonds. The molecule has 4 rings (SSSR count). The van der Waals surface area contributed by atoms with Crippen LogP contribution in [0.5, 0.6) is 0 Å². The van der Waals surface area contributed by atoms with E-state index in [0.717, 1.165) is 32.4 Å². The van der Waals surface area contributed by atoms with Gasteiger partial charge in [-0.1, -0.05) is 29.8 Å². The van der Waals surface area contributed by atoms with Crippen molar-refractivity contribution in [3.05, 3.63) is 73.9 Å². The molecule has 1 aromatic carbocycles. The summed E-state index contributed by atoms with van der Waals surface area (Å²) in [4.78, 5) is 22.2. The van der Waals surface area contributed by atoms with Gasteiger partial charge in [0.05, 0.1) is 5.39 Å². The number of hydrogen-bond donors (Lipinski definition) is 2. The Morgan fingerprint density at radius 3 is 2.92 bits per heavy atom. The Hall–Kier alpha value is -1.99. The molecule has 4 nitrogen and oxygen atoms in total. The van der Waals surface area contributed by atoms with Crippen molar-refractivity contribution in [2.75, 3.05) is 0 Å². The fraction of sp³-hybridized carbons (Fsp3) is 0.158. The topological polar surface area (TPSA) is 62.4 Å². The minimum absolute atomic E-state index is 0.0402. The average molecular weight is 403 g/mol. The van der Waals surface area contributed by atoms with Gasteiger partial charge in [0.15, 0.2) is 5.82 Å². The van der Waals surface area contributed by atoms with Crippen molar-refractivity contribution in [1.29, 1.82) is 0 Å². The van der Waals surface area contributed by atoms with Crippen molar-refractivity contribution in [3.8, 4) is 10.4 Å². The fourth-order valence-corrected chi connectivity index (χ4v) is 4.87. The smallest absolute Gasteiger partial charge is 0.260 e. The number of aromatic nitrogens is 2. The van der Waals surface area contributed by atoms with Crippen LogP contribution in [0.15, 0.2) is 52.0 Å². The molecule has 4 aromatic rings. The fourth-order valence-electron chi connectivity index (χ4n) is 2.88. The number of nitrogens with one attached hydrogen (secondary N) is 1. The second kappa shape index (κ2) is 7.32. The molecule has 0 unspecified atom stereocenters. The maximum atomic E-state index is 12.7. The van der Waals surface area contributed by atoms with Crippen molar-refractivity contribution in [2.24, 2.45) is 0 Å². The molecule has 0 radical (unpaired) electrons. The van der Waals surface area contributed by atoms with Crippen LogP contribution in [0.4, 0.5) is 0 Å². The standard InChI is InChI=1S/C19H16ClN3OS2/c1-11(21-9-12-4-2-5-13(20)8-12)17-22-18(24)16-14(10-26-19(16)23-17)15-6-3-7-25-15/h2-8,10-11,21H,9H2,1H3,(H,22,23,24)/p+1/t11-/m0/s1. The summed E-state index contributed by atoms with van der Waals surface area (Å²) in [5.74, 6) is 0.698. The van der Waals surface area contributed by atoms with E-state index in [2.05, 4.69) is 10.3 Å². The van der Waals surface area contributed by atoms with E-state index < -0.39 is 0 Å². The molecule has 26 heavy (non-hydrogen) atoms. The van der Waals surface area contributed by atoms with E-state index >= 15 is 0 Å². The van der Waals surface area contributed by atoms with E-state index in [0.29, 0.717) is 11.2 Å². The Balaban J connectivity index is 1.60. The SMILES string of the molecule is C[C@H]([NH2+]Cc1cccc(Cl)c1)c1nc2scc(-c3cccs3)c2c(=O)[nH]1. The molecule has 0 bridgehead atoms. The van der Waals surface area contributed by atoms with Crippen LogP contribution in [0.2, 0.25) is 5.02 Å². The number of benzene rings is 1. The summed E-state index contributed by atoms with van der Waals surface area (Å²) < 4.78 is 0. The van der Waals surface area contributed by atoms with Gasteiger partial charge in [-0.25, -0.2) is 4.98 Å². The summed E-state index contributed by atoms with van der Waals surface area (Å²) in [6, 6.07) is 11.9. The quantitative estimate of drug-likeness (QED) is 0.525. The number of halogens is 1. The lowest BCUT2D eigenvalue weighted by Gasteiger charge is -2.10. The zero-order valence-corrected chi connectivity index (χ0v) is 16.4. The molecule has 0 saturated heterocycles. The van der Waals surface area contributed by atoms with Crippen LogP contribution >= 0.6 is 34.3 Å². The second-order valence-electron chi connectivity index (χ2n) is 6.12. The third-order valence-corrected chi connectivity index (χ3v) is 6.29. The summed E-state index contributed by atoms with van der Waals surface area (Å²) in [7, 11) is 0. The summed E-state index contributed by atoms with van der Waals surface area (Å²) in [5.41, 5.74) is 2.04. The number of fused-ring (bicyclic) bond motifs is 1. The molecule has 0 aliphatic heterocycles. The second-order valence-corrected chi connectivity index (χ2v) is 8.36. The molecule has 0 spiro atoms. The average Bonchev–Trinajstić information content (AvgIpc) is 3.29. The number of aromatic amines is 1. The van der Waals surface area contributed by atoms with E-state index in [1.54, 1.807) is 11.3 Å². The van der Waals surface area contributed by atoms with Crippen molar-refractivity contribution in [3.63, 3.8) is 0 Å². The van der Waals surface area contributed by atoms with Gasteiger partial charge in [0.1, 0.15) is 17.4 Å². The number of H-pyrrole nitrogens is 1. The van der Waals surface area contributed by atoms with Gasteiger partial charge < -0.3 is 10.3 Å². The Bertz CT molecular complexity index is 1100. The minimum Gasteiger partial charge on any atom is -0.334 e. The first-order valence-electron chi connectivity index (χ1n) is 8.25. The van der Waals surface area contributed by atoms with E-state index in [1.807, 2.05) is 54.1 Å².